The van der Waals surface area contributed by atoms with E-state index < -0.39 is 0 Å². The highest BCUT2D eigenvalue weighted by Crippen LogP contribution is 2.27. The van der Waals surface area contributed by atoms with E-state index in [1.54, 1.807) is 14.2 Å². The fourth-order valence-electron chi connectivity index (χ4n) is 2.37. The Kier molecular flexibility index (Phi) is 6.51. The van der Waals surface area contributed by atoms with E-state index in [9.17, 15) is 4.79 Å². The molecule has 0 saturated carbocycles. The van der Waals surface area contributed by atoms with Crippen LogP contribution in [0, 0.1) is 0 Å². The van der Waals surface area contributed by atoms with Gasteiger partial charge < -0.3 is 25.0 Å². The molecule has 0 heterocycles. The van der Waals surface area contributed by atoms with Crippen molar-refractivity contribution in [2.75, 3.05) is 45.1 Å². The van der Waals surface area contributed by atoms with E-state index in [2.05, 4.69) is 10.6 Å². The molecular formula is C19H25N3O3. The number of rotatable bonds is 7. The Bertz CT molecular complexity index is 700. The number of hydrogen-bond donors (Lipinski definition) is 2. The van der Waals surface area contributed by atoms with Gasteiger partial charge in [0.2, 0.25) is 0 Å². The van der Waals surface area contributed by atoms with Gasteiger partial charge in [-0.2, -0.15) is 0 Å². The van der Waals surface area contributed by atoms with E-state index >= 15 is 0 Å². The molecule has 0 unspecified atom stereocenters. The van der Waals surface area contributed by atoms with Gasteiger partial charge in [-0.05, 0) is 48.4 Å². The fraction of sp³-hybridized carbons (Fsp3) is 0.316. The quantitative estimate of drug-likeness (QED) is 0.811. The lowest BCUT2D eigenvalue weighted by atomic mass is 10.1. The Morgan fingerprint density at radius 1 is 1.00 bits per heavy atom. The average molecular weight is 343 g/mol. The number of ether oxygens (including phenoxy) is 2. The van der Waals surface area contributed by atoms with Crippen LogP contribution >= 0.6 is 0 Å². The Labute approximate surface area is 148 Å². The number of benzene rings is 2. The molecule has 0 atom stereocenters. The number of amides is 2. The molecule has 2 aromatic carbocycles. The third-order valence-electron chi connectivity index (χ3n) is 3.79. The van der Waals surface area contributed by atoms with Crippen LogP contribution < -0.4 is 25.0 Å². The van der Waals surface area contributed by atoms with Crippen LogP contribution in [-0.2, 0) is 6.42 Å². The van der Waals surface area contributed by atoms with Crippen LogP contribution in [0.1, 0.15) is 5.56 Å². The standard InChI is InChI=1S/C19H25N3O3/c1-22(2)16-8-6-15(7-9-16)21-19(23)20-12-11-14-5-10-17(24-3)18(13-14)25-4/h5-10,13H,11-12H2,1-4H3,(H2,20,21,23). The fourth-order valence-corrected chi connectivity index (χ4v) is 2.37. The van der Waals surface area contributed by atoms with Crippen molar-refractivity contribution in [3.05, 3.63) is 48.0 Å². The van der Waals surface area contributed by atoms with Gasteiger partial charge in [0.1, 0.15) is 0 Å². The third-order valence-corrected chi connectivity index (χ3v) is 3.79. The molecule has 0 spiro atoms. The second kappa shape index (κ2) is 8.82. The zero-order valence-corrected chi connectivity index (χ0v) is 15.1. The number of carbonyl (C=O) groups is 1. The van der Waals surface area contributed by atoms with Gasteiger partial charge in [-0.1, -0.05) is 6.07 Å². The number of carbonyl (C=O) groups excluding carboxylic acids is 1. The molecule has 134 valence electrons. The minimum absolute atomic E-state index is 0.224. The summed E-state index contributed by atoms with van der Waals surface area (Å²) in [5.41, 5.74) is 2.90. The minimum Gasteiger partial charge on any atom is -0.493 e. The molecule has 0 aromatic heterocycles. The van der Waals surface area contributed by atoms with E-state index in [0.717, 1.165) is 16.9 Å². The maximum absolute atomic E-state index is 12.0. The van der Waals surface area contributed by atoms with Crippen molar-refractivity contribution in [1.82, 2.24) is 5.32 Å². The molecule has 0 aliphatic rings. The molecule has 2 amide bonds. The van der Waals surface area contributed by atoms with Crippen molar-refractivity contribution < 1.29 is 14.3 Å². The zero-order chi connectivity index (χ0) is 18.2. The summed E-state index contributed by atoms with van der Waals surface area (Å²) in [6.45, 7) is 0.525. The van der Waals surface area contributed by atoms with Crippen molar-refractivity contribution in [1.29, 1.82) is 0 Å². The highest BCUT2D eigenvalue weighted by Gasteiger charge is 2.06. The summed E-state index contributed by atoms with van der Waals surface area (Å²) in [6, 6.07) is 13.2. The van der Waals surface area contributed by atoms with Gasteiger partial charge in [0.15, 0.2) is 11.5 Å². The van der Waals surface area contributed by atoms with Crippen LogP contribution in [-0.4, -0.2) is 40.9 Å². The van der Waals surface area contributed by atoms with E-state index in [1.807, 2.05) is 61.5 Å². The zero-order valence-electron chi connectivity index (χ0n) is 15.1. The molecular weight excluding hydrogens is 318 g/mol. The molecule has 0 radical (unpaired) electrons. The lowest BCUT2D eigenvalue weighted by Gasteiger charge is -2.13. The molecule has 2 aromatic rings. The molecule has 6 heteroatoms. The first kappa shape index (κ1) is 18.4. The molecule has 0 aliphatic carbocycles. The second-order valence-corrected chi connectivity index (χ2v) is 5.76. The van der Waals surface area contributed by atoms with Crippen LogP contribution in [0.4, 0.5) is 16.2 Å². The molecule has 2 rings (SSSR count). The highest BCUT2D eigenvalue weighted by molar-refractivity contribution is 5.89. The SMILES string of the molecule is COc1ccc(CCNC(=O)Nc2ccc(N(C)C)cc2)cc1OC. The summed E-state index contributed by atoms with van der Waals surface area (Å²) in [5.74, 6) is 1.38. The van der Waals surface area contributed by atoms with Crippen LogP contribution in [0.2, 0.25) is 0 Å². The first-order valence-corrected chi connectivity index (χ1v) is 8.06. The van der Waals surface area contributed by atoms with E-state index in [4.69, 9.17) is 9.47 Å². The summed E-state index contributed by atoms with van der Waals surface area (Å²) in [5, 5.41) is 5.67. The minimum atomic E-state index is -0.224. The average Bonchev–Trinajstić information content (AvgIpc) is 2.62. The Morgan fingerprint density at radius 2 is 1.68 bits per heavy atom. The predicted molar refractivity (Wildman–Crippen MR) is 101 cm³/mol. The smallest absolute Gasteiger partial charge is 0.319 e. The van der Waals surface area contributed by atoms with Gasteiger partial charge in [0.05, 0.1) is 14.2 Å². The van der Waals surface area contributed by atoms with Crippen molar-refractivity contribution in [2.45, 2.75) is 6.42 Å². The van der Waals surface area contributed by atoms with Crippen LogP contribution in [0.15, 0.2) is 42.5 Å². The maximum Gasteiger partial charge on any atom is 0.319 e. The maximum atomic E-state index is 12.0. The molecule has 0 bridgehead atoms. The first-order valence-electron chi connectivity index (χ1n) is 8.06. The Hall–Kier alpha value is -2.89. The van der Waals surface area contributed by atoms with Crippen LogP contribution in [0.25, 0.3) is 0 Å². The van der Waals surface area contributed by atoms with Gasteiger partial charge in [-0.15, -0.1) is 0 Å². The molecule has 0 aliphatic heterocycles. The van der Waals surface area contributed by atoms with Crippen LogP contribution in [0.3, 0.4) is 0 Å². The monoisotopic (exact) mass is 343 g/mol. The Balaban J connectivity index is 1.82. The first-order chi connectivity index (χ1) is 12.0. The number of nitrogens with one attached hydrogen (secondary N) is 2. The van der Waals surface area contributed by atoms with Gasteiger partial charge in [-0.25, -0.2) is 4.79 Å². The van der Waals surface area contributed by atoms with Crippen molar-refractivity contribution >= 4 is 17.4 Å². The van der Waals surface area contributed by atoms with Gasteiger partial charge in [0, 0.05) is 32.0 Å². The summed E-state index contributed by atoms with van der Waals surface area (Å²) in [7, 11) is 7.16. The molecule has 25 heavy (non-hydrogen) atoms. The molecule has 0 saturated heterocycles. The van der Waals surface area contributed by atoms with E-state index in [0.29, 0.717) is 24.5 Å². The normalized spacial score (nSPS) is 10.1. The van der Waals surface area contributed by atoms with Crippen molar-refractivity contribution in [2.24, 2.45) is 0 Å². The van der Waals surface area contributed by atoms with Gasteiger partial charge in [-0.3, -0.25) is 0 Å². The summed E-state index contributed by atoms with van der Waals surface area (Å²) < 4.78 is 10.5. The Morgan fingerprint density at radius 3 is 2.28 bits per heavy atom. The summed E-state index contributed by atoms with van der Waals surface area (Å²) in [6.07, 6.45) is 0.702. The van der Waals surface area contributed by atoms with E-state index in [1.165, 1.54) is 0 Å². The summed E-state index contributed by atoms with van der Waals surface area (Å²) in [4.78, 5) is 14.0. The highest BCUT2D eigenvalue weighted by atomic mass is 16.5. The third kappa shape index (κ3) is 5.31. The topological polar surface area (TPSA) is 62.8 Å². The van der Waals surface area contributed by atoms with Gasteiger partial charge in [0.25, 0.3) is 0 Å². The molecule has 0 fully saturated rings. The number of nitrogens with zero attached hydrogens (tertiary/aromatic N) is 1. The lowest BCUT2D eigenvalue weighted by molar-refractivity contribution is 0.252. The number of urea groups is 1. The number of hydrogen-bond acceptors (Lipinski definition) is 4. The summed E-state index contributed by atoms with van der Waals surface area (Å²) >= 11 is 0. The van der Waals surface area contributed by atoms with Crippen LogP contribution in [0.5, 0.6) is 11.5 Å². The van der Waals surface area contributed by atoms with E-state index in [-0.39, 0.29) is 6.03 Å². The van der Waals surface area contributed by atoms with Crippen molar-refractivity contribution in [3.8, 4) is 11.5 Å². The van der Waals surface area contributed by atoms with Crippen molar-refractivity contribution in [3.63, 3.8) is 0 Å². The number of anilines is 2. The van der Waals surface area contributed by atoms with Gasteiger partial charge >= 0.3 is 6.03 Å². The largest absolute Gasteiger partial charge is 0.493 e. The molecule has 6 nitrogen and oxygen atoms in total. The predicted octanol–water partition coefficient (Wildman–Crippen LogP) is 3.13. The molecule has 2 N–H and O–H groups in total. The lowest BCUT2D eigenvalue weighted by Crippen LogP contribution is -2.30. The number of methoxy groups -OCH3 is 2. The second-order valence-electron chi connectivity index (χ2n) is 5.76.